The van der Waals surface area contributed by atoms with E-state index in [1.807, 2.05) is 12.1 Å². The van der Waals surface area contributed by atoms with E-state index in [2.05, 4.69) is 36.9 Å². The number of nitrogens with one attached hydrogen (secondary N) is 1. The molecule has 4 heterocycles. The zero-order valence-electron chi connectivity index (χ0n) is 22.3. The fourth-order valence-electron chi connectivity index (χ4n) is 5.30. The van der Waals surface area contributed by atoms with Gasteiger partial charge >= 0.3 is 6.18 Å². The van der Waals surface area contributed by atoms with E-state index < -0.39 is 17.6 Å². The smallest absolute Gasteiger partial charge is 0.369 e. The van der Waals surface area contributed by atoms with Crippen LogP contribution in [0.15, 0.2) is 36.5 Å². The molecule has 1 aromatic carbocycles. The van der Waals surface area contributed by atoms with Crippen LogP contribution in [-0.2, 0) is 17.5 Å². The summed E-state index contributed by atoms with van der Waals surface area (Å²) in [4.78, 5) is 27.3. The van der Waals surface area contributed by atoms with Crippen molar-refractivity contribution in [3.05, 3.63) is 52.8 Å². The summed E-state index contributed by atoms with van der Waals surface area (Å²) in [5.74, 6) is -0.383. The number of likely N-dealkylation sites (tertiary alicyclic amines) is 1. The van der Waals surface area contributed by atoms with E-state index in [1.54, 1.807) is 6.20 Å². The molecular weight excluding hydrogens is 544 g/mol. The van der Waals surface area contributed by atoms with E-state index in [9.17, 15) is 22.4 Å². The number of carbonyl (C=O) groups excluding carboxylic acids is 1. The Bertz CT molecular complexity index is 1320. The van der Waals surface area contributed by atoms with Crippen molar-refractivity contribution in [1.29, 1.82) is 0 Å². The summed E-state index contributed by atoms with van der Waals surface area (Å²) >= 11 is 1.35. The van der Waals surface area contributed by atoms with E-state index in [-0.39, 0.29) is 5.56 Å². The minimum atomic E-state index is -4.66. The van der Waals surface area contributed by atoms with Crippen molar-refractivity contribution >= 4 is 34.3 Å². The summed E-state index contributed by atoms with van der Waals surface area (Å²) in [5, 5.41) is 3.72. The van der Waals surface area contributed by atoms with Crippen molar-refractivity contribution in [3.8, 4) is 11.3 Å². The van der Waals surface area contributed by atoms with Crippen LogP contribution in [-0.4, -0.2) is 71.4 Å². The molecule has 0 spiro atoms. The lowest BCUT2D eigenvalue weighted by atomic mass is 10.1. The van der Waals surface area contributed by atoms with Crippen LogP contribution < -0.4 is 10.2 Å². The molecule has 2 saturated heterocycles. The third kappa shape index (κ3) is 6.79. The Balaban J connectivity index is 1.39. The van der Waals surface area contributed by atoms with Crippen LogP contribution in [0.1, 0.15) is 36.6 Å². The summed E-state index contributed by atoms with van der Waals surface area (Å²) in [5.41, 5.74) is 0.411. The number of carbonyl (C=O) groups is 1. The Labute approximate surface area is 234 Å². The fraction of sp³-hybridized carbons (Fsp3) is 0.464. The predicted octanol–water partition coefficient (Wildman–Crippen LogP) is 5.80. The monoisotopic (exact) mass is 576 g/mol. The second-order valence-electron chi connectivity index (χ2n) is 10.3. The van der Waals surface area contributed by atoms with Gasteiger partial charge in [0.1, 0.15) is 17.9 Å². The molecule has 0 aliphatic carbocycles. The zero-order chi connectivity index (χ0) is 28.3. The molecule has 12 heteroatoms. The molecule has 40 heavy (non-hydrogen) atoms. The Morgan fingerprint density at radius 1 is 1.12 bits per heavy atom. The van der Waals surface area contributed by atoms with Crippen LogP contribution in [0.3, 0.4) is 0 Å². The van der Waals surface area contributed by atoms with Crippen molar-refractivity contribution in [2.45, 2.75) is 44.9 Å². The molecule has 5 rings (SSSR count). The SMILES string of the molecule is CC1CCCN1Cc1sc(Nc2cc(N3CCN(CCC=O)CC3)ccn2)nc1-c1cc(F)cc(C(F)(F)F)c1. The second-order valence-corrected chi connectivity index (χ2v) is 11.4. The van der Waals surface area contributed by atoms with Crippen LogP contribution in [0.2, 0.25) is 0 Å². The largest absolute Gasteiger partial charge is 0.416 e. The predicted molar refractivity (Wildman–Crippen MR) is 148 cm³/mol. The lowest BCUT2D eigenvalue weighted by Gasteiger charge is -2.35. The number of pyridine rings is 1. The number of hydrogen-bond donors (Lipinski definition) is 1. The van der Waals surface area contributed by atoms with Gasteiger partial charge in [0.05, 0.1) is 11.3 Å². The van der Waals surface area contributed by atoms with Gasteiger partial charge in [-0.2, -0.15) is 13.2 Å². The summed E-state index contributed by atoms with van der Waals surface area (Å²) in [6, 6.07) is 6.79. The Hall–Kier alpha value is -3.09. The van der Waals surface area contributed by atoms with Gasteiger partial charge in [-0.15, -0.1) is 0 Å². The van der Waals surface area contributed by atoms with Gasteiger partial charge in [0.15, 0.2) is 5.13 Å². The molecule has 2 aliphatic rings. The number of halogens is 4. The average Bonchev–Trinajstić information content (AvgIpc) is 3.52. The van der Waals surface area contributed by atoms with Crippen LogP contribution in [0, 0.1) is 5.82 Å². The summed E-state index contributed by atoms with van der Waals surface area (Å²) in [6.45, 7) is 7.68. The molecule has 2 aliphatic heterocycles. The van der Waals surface area contributed by atoms with Gasteiger partial charge < -0.3 is 15.0 Å². The Morgan fingerprint density at radius 3 is 2.62 bits per heavy atom. The van der Waals surface area contributed by atoms with E-state index in [0.29, 0.717) is 41.7 Å². The number of piperazine rings is 1. The zero-order valence-corrected chi connectivity index (χ0v) is 23.1. The molecule has 1 atom stereocenters. The Kier molecular flexibility index (Phi) is 8.67. The molecule has 214 valence electrons. The summed E-state index contributed by atoms with van der Waals surface area (Å²) in [7, 11) is 0. The van der Waals surface area contributed by atoms with Crippen LogP contribution >= 0.6 is 11.3 Å². The number of thiazole rings is 1. The first-order valence-electron chi connectivity index (χ1n) is 13.5. The minimum Gasteiger partial charge on any atom is -0.369 e. The summed E-state index contributed by atoms with van der Waals surface area (Å²) in [6.07, 6.45) is 0.630. The lowest BCUT2D eigenvalue weighted by molar-refractivity contribution is -0.137. The minimum absolute atomic E-state index is 0.104. The normalized spacial score (nSPS) is 18.8. The quantitative estimate of drug-likeness (QED) is 0.255. The molecule has 0 bridgehead atoms. The first-order chi connectivity index (χ1) is 19.2. The van der Waals surface area contributed by atoms with Gasteiger partial charge in [-0.3, -0.25) is 9.80 Å². The number of anilines is 3. The highest BCUT2D eigenvalue weighted by Gasteiger charge is 2.32. The van der Waals surface area contributed by atoms with Crippen LogP contribution in [0.4, 0.5) is 34.2 Å². The van der Waals surface area contributed by atoms with E-state index in [0.717, 1.165) is 81.1 Å². The number of nitrogens with zero attached hydrogens (tertiary/aromatic N) is 5. The maximum atomic E-state index is 14.3. The standard InChI is InChI=1S/C28H32F4N6OS/c1-19-4-2-8-38(19)18-24-26(20-14-21(28(30,31)32)16-22(29)15-20)35-27(40-24)34-25-17-23(5-6-33-25)37-11-9-36(10-12-37)7-3-13-39/h5-6,13-17,19H,2-4,7-12,18H2,1H3,(H,33,34,35). The lowest BCUT2D eigenvalue weighted by Crippen LogP contribution is -2.46. The van der Waals surface area contributed by atoms with E-state index in [1.165, 1.54) is 11.3 Å². The molecule has 0 amide bonds. The van der Waals surface area contributed by atoms with Crippen LogP contribution in [0.5, 0.6) is 0 Å². The molecular formula is C28H32F4N6OS. The maximum Gasteiger partial charge on any atom is 0.416 e. The number of aldehydes is 1. The van der Waals surface area contributed by atoms with Crippen molar-refractivity contribution in [2.24, 2.45) is 0 Å². The van der Waals surface area contributed by atoms with Crippen molar-refractivity contribution in [2.75, 3.05) is 49.5 Å². The highest BCUT2D eigenvalue weighted by molar-refractivity contribution is 7.16. The molecule has 2 fully saturated rings. The molecule has 1 unspecified atom stereocenters. The van der Waals surface area contributed by atoms with Gasteiger partial charge in [0.2, 0.25) is 0 Å². The van der Waals surface area contributed by atoms with Gasteiger partial charge in [0.25, 0.3) is 0 Å². The number of benzene rings is 1. The molecule has 0 radical (unpaired) electrons. The third-order valence-electron chi connectivity index (χ3n) is 7.51. The van der Waals surface area contributed by atoms with E-state index in [4.69, 9.17) is 0 Å². The van der Waals surface area contributed by atoms with Crippen molar-refractivity contribution in [1.82, 2.24) is 19.8 Å². The van der Waals surface area contributed by atoms with E-state index >= 15 is 0 Å². The number of alkyl halides is 3. The fourth-order valence-corrected chi connectivity index (χ4v) is 6.32. The van der Waals surface area contributed by atoms with Gasteiger partial charge in [0, 0.05) is 80.1 Å². The molecule has 0 saturated carbocycles. The van der Waals surface area contributed by atoms with Gasteiger partial charge in [-0.25, -0.2) is 14.4 Å². The first kappa shape index (κ1) is 28.4. The van der Waals surface area contributed by atoms with Gasteiger partial charge in [-0.1, -0.05) is 11.3 Å². The third-order valence-corrected chi connectivity index (χ3v) is 8.47. The van der Waals surface area contributed by atoms with Crippen molar-refractivity contribution in [3.63, 3.8) is 0 Å². The Morgan fingerprint density at radius 2 is 1.93 bits per heavy atom. The molecule has 1 N–H and O–H groups in total. The molecule has 3 aromatic rings. The highest BCUT2D eigenvalue weighted by Crippen LogP contribution is 2.38. The highest BCUT2D eigenvalue weighted by atomic mass is 32.1. The summed E-state index contributed by atoms with van der Waals surface area (Å²) < 4.78 is 54.7. The van der Waals surface area contributed by atoms with Crippen LogP contribution in [0.25, 0.3) is 11.3 Å². The number of aromatic nitrogens is 2. The number of hydrogen-bond acceptors (Lipinski definition) is 8. The maximum absolute atomic E-state index is 14.3. The van der Waals surface area contributed by atoms with Gasteiger partial charge in [-0.05, 0) is 50.6 Å². The second kappa shape index (κ2) is 12.2. The molecule has 2 aromatic heterocycles. The molecule has 7 nitrogen and oxygen atoms in total. The van der Waals surface area contributed by atoms with Crippen molar-refractivity contribution < 1.29 is 22.4 Å². The topological polar surface area (TPSA) is 64.6 Å². The number of rotatable bonds is 9. The first-order valence-corrected chi connectivity index (χ1v) is 14.3. The average molecular weight is 577 g/mol.